The predicted octanol–water partition coefficient (Wildman–Crippen LogP) is 3.95. The van der Waals surface area contributed by atoms with Gasteiger partial charge in [0.25, 0.3) is 0 Å². The van der Waals surface area contributed by atoms with Crippen molar-refractivity contribution in [2.75, 3.05) is 0 Å². The van der Waals surface area contributed by atoms with E-state index in [1.54, 1.807) is 0 Å². The zero-order valence-electron chi connectivity index (χ0n) is 10.5. The standard InChI is InChI=1S/C17H12N2/c18-8-14-4-12-6-16-10-1-2-11(3-10)17(16)7-13(12)5-15(14)9-19/h4-7,10-11H,1-3H2. The molecule has 4 rings (SSSR count). The van der Waals surface area contributed by atoms with Gasteiger partial charge < -0.3 is 0 Å². The Kier molecular flexibility index (Phi) is 2.00. The minimum absolute atomic E-state index is 0.484. The highest BCUT2D eigenvalue weighted by Gasteiger charge is 2.36. The van der Waals surface area contributed by atoms with Gasteiger partial charge in [0.1, 0.15) is 12.1 Å². The van der Waals surface area contributed by atoms with Crippen molar-refractivity contribution in [3.05, 3.63) is 46.5 Å². The Morgan fingerprint density at radius 2 is 1.26 bits per heavy atom. The number of fused-ring (bicyclic) bond motifs is 6. The summed E-state index contributed by atoms with van der Waals surface area (Å²) in [6.45, 7) is 0. The van der Waals surface area contributed by atoms with Crippen molar-refractivity contribution in [1.29, 1.82) is 10.5 Å². The van der Waals surface area contributed by atoms with Crippen LogP contribution in [0.1, 0.15) is 53.4 Å². The average Bonchev–Trinajstić information content (AvgIpc) is 3.05. The molecule has 2 bridgehead atoms. The second-order valence-electron chi connectivity index (χ2n) is 5.66. The van der Waals surface area contributed by atoms with Crippen LogP contribution in [-0.4, -0.2) is 0 Å². The zero-order valence-corrected chi connectivity index (χ0v) is 10.5. The third-order valence-electron chi connectivity index (χ3n) is 4.73. The van der Waals surface area contributed by atoms with E-state index >= 15 is 0 Å². The molecular weight excluding hydrogens is 232 g/mol. The van der Waals surface area contributed by atoms with Gasteiger partial charge >= 0.3 is 0 Å². The van der Waals surface area contributed by atoms with Crippen LogP contribution in [0.5, 0.6) is 0 Å². The van der Waals surface area contributed by atoms with Gasteiger partial charge in [0.2, 0.25) is 0 Å². The smallest absolute Gasteiger partial charge is 0.101 e. The van der Waals surface area contributed by atoms with E-state index in [-0.39, 0.29) is 0 Å². The van der Waals surface area contributed by atoms with Gasteiger partial charge in [-0.2, -0.15) is 10.5 Å². The third kappa shape index (κ3) is 1.35. The monoisotopic (exact) mass is 244 g/mol. The predicted molar refractivity (Wildman–Crippen MR) is 72.7 cm³/mol. The lowest BCUT2D eigenvalue weighted by molar-refractivity contribution is 0.719. The highest BCUT2D eigenvalue weighted by Crippen LogP contribution is 2.53. The maximum Gasteiger partial charge on any atom is 0.101 e. The molecule has 0 aliphatic heterocycles. The van der Waals surface area contributed by atoms with Crippen LogP contribution in [0.4, 0.5) is 0 Å². The first-order valence-corrected chi connectivity index (χ1v) is 6.72. The molecule has 0 saturated heterocycles. The molecule has 1 saturated carbocycles. The maximum absolute atomic E-state index is 9.11. The van der Waals surface area contributed by atoms with Gasteiger partial charge in [0.05, 0.1) is 11.1 Å². The summed E-state index contributed by atoms with van der Waals surface area (Å²) in [7, 11) is 0. The molecule has 1 fully saturated rings. The van der Waals surface area contributed by atoms with E-state index in [9.17, 15) is 0 Å². The second kappa shape index (κ2) is 3.59. The molecule has 90 valence electrons. The van der Waals surface area contributed by atoms with Gasteiger partial charge in [0.15, 0.2) is 0 Å². The van der Waals surface area contributed by atoms with E-state index in [1.165, 1.54) is 30.4 Å². The molecule has 2 atom stereocenters. The minimum Gasteiger partial charge on any atom is -0.192 e. The number of nitriles is 2. The molecule has 2 unspecified atom stereocenters. The maximum atomic E-state index is 9.11. The van der Waals surface area contributed by atoms with Crippen LogP contribution in [0.25, 0.3) is 10.8 Å². The fourth-order valence-electron chi connectivity index (χ4n) is 3.82. The Morgan fingerprint density at radius 3 is 1.68 bits per heavy atom. The highest BCUT2D eigenvalue weighted by atomic mass is 14.4. The van der Waals surface area contributed by atoms with Crippen molar-refractivity contribution >= 4 is 10.8 Å². The second-order valence-corrected chi connectivity index (χ2v) is 5.66. The molecule has 0 N–H and O–H groups in total. The summed E-state index contributed by atoms with van der Waals surface area (Å²) in [5, 5.41) is 20.4. The topological polar surface area (TPSA) is 47.6 Å². The summed E-state index contributed by atoms with van der Waals surface area (Å²) >= 11 is 0. The van der Waals surface area contributed by atoms with Crippen molar-refractivity contribution in [2.24, 2.45) is 0 Å². The Hall–Kier alpha value is -2.32. The van der Waals surface area contributed by atoms with Crippen LogP contribution < -0.4 is 0 Å². The van der Waals surface area contributed by atoms with Crippen LogP contribution >= 0.6 is 0 Å². The molecule has 0 heterocycles. The zero-order chi connectivity index (χ0) is 13.0. The molecule has 2 aromatic carbocycles. The van der Waals surface area contributed by atoms with Crippen LogP contribution in [0.2, 0.25) is 0 Å². The minimum atomic E-state index is 0.484. The molecule has 0 spiro atoms. The van der Waals surface area contributed by atoms with Crippen molar-refractivity contribution in [2.45, 2.75) is 31.1 Å². The van der Waals surface area contributed by atoms with Crippen LogP contribution in [0, 0.1) is 22.7 Å². The molecule has 19 heavy (non-hydrogen) atoms. The summed E-state index contributed by atoms with van der Waals surface area (Å²) < 4.78 is 0. The van der Waals surface area contributed by atoms with Crippen LogP contribution in [-0.2, 0) is 0 Å². The molecule has 0 amide bonds. The van der Waals surface area contributed by atoms with Crippen LogP contribution in [0.3, 0.4) is 0 Å². The summed E-state index contributed by atoms with van der Waals surface area (Å²) in [5.41, 5.74) is 3.94. The average molecular weight is 244 g/mol. The first kappa shape index (κ1) is 10.6. The van der Waals surface area contributed by atoms with Crippen LogP contribution in [0.15, 0.2) is 24.3 Å². The molecular formula is C17H12N2. The van der Waals surface area contributed by atoms with Crippen molar-refractivity contribution in [1.82, 2.24) is 0 Å². The third-order valence-corrected chi connectivity index (χ3v) is 4.73. The quantitative estimate of drug-likeness (QED) is 0.704. The normalized spacial score (nSPS) is 23.1. The molecule has 2 aromatic rings. The van der Waals surface area contributed by atoms with Gasteiger partial charge in [-0.1, -0.05) is 12.1 Å². The van der Waals surface area contributed by atoms with E-state index in [1.807, 2.05) is 12.1 Å². The van der Waals surface area contributed by atoms with Crippen molar-refractivity contribution in [3.8, 4) is 12.1 Å². The van der Waals surface area contributed by atoms with Gasteiger partial charge in [0, 0.05) is 0 Å². The van der Waals surface area contributed by atoms with Gasteiger partial charge in [-0.05, 0) is 65.1 Å². The van der Waals surface area contributed by atoms with E-state index < -0.39 is 0 Å². The number of hydrogen-bond acceptors (Lipinski definition) is 2. The first-order valence-electron chi connectivity index (χ1n) is 6.72. The molecule has 0 radical (unpaired) electrons. The number of hydrogen-bond donors (Lipinski definition) is 0. The number of benzene rings is 2. The summed E-state index contributed by atoms with van der Waals surface area (Å²) in [6.07, 6.45) is 3.91. The fraction of sp³-hybridized carbons (Fsp3) is 0.294. The fourth-order valence-corrected chi connectivity index (χ4v) is 3.82. The van der Waals surface area contributed by atoms with Crippen molar-refractivity contribution < 1.29 is 0 Å². The van der Waals surface area contributed by atoms with Gasteiger partial charge in [-0.25, -0.2) is 0 Å². The Morgan fingerprint density at radius 1 is 0.789 bits per heavy atom. The highest BCUT2D eigenvalue weighted by molar-refractivity contribution is 5.88. The Balaban J connectivity index is 2.02. The van der Waals surface area contributed by atoms with E-state index in [2.05, 4.69) is 24.3 Å². The van der Waals surface area contributed by atoms with Gasteiger partial charge in [-0.3, -0.25) is 0 Å². The lowest BCUT2D eigenvalue weighted by Gasteiger charge is -2.16. The molecule has 2 aliphatic carbocycles. The lowest BCUT2D eigenvalue weighted by atomic mass is 9.88. The molecule has 2 heteroatoms. The summed E-state index contributed by atoms with van der Waals surface area (Å²) in [4.78, 5) is 0. The van der Waals surface area contributed by atoms with E-state index in [4.69, 9.17) is 10.5 Å². The molecule has 2 nitrogen and oxygen atoms in total. The SMILES string of the molecule is N#Cc1cc2cc3c(cc2cc1C#N)C1CCC3C1. The Bertz CT molecular complexity index is 723. The molecule has 0 aromatic heterocycles. The van der Waals surface area contributed by atoms with Gasteiger partial charge in [-0.15, -0.1) is 0 Å². The number of nitrogens with zero attached hydrogens (tertiary/aromatic N) is 2. The lowest BCUT2D eigenvalue weighted by Crippen LogP contribution is -1.98. The molecule has 2 aliphatic rings. The van der Waals surface area contributed by atoms with E-state index in [0.29, 0.717) is 11.1 Å². The number of rotatable bonds is 0. The summed E-state index contributed by atoms with van der Waals surface area (Å²) in [5.74, 6) is 1.45. The Labute approximate surface area is 111 Å². The van der Waals surface area contributed by atoms with Crippen molar-refractivity contribution in [3.63, 3.8) is 0 Å². The first-order chi connectivity index (χ1) is 9.30. The van der Waals surface area contributed by atoms with E-state index in [0.717, 1.165) is 22.6 Å². The summed E-state index contributed by atoms with van der Waals surface area (Å²) in [6, 6.07) is 12.5. The largest absolute Gasteiger partial charge is 0.192 e.